The molecular weight excluding hydrogens is 615 g/mol. The fourth-order valence-corrected chi connectivity index (χ4v) is 12.0. The zero-order valence-electron chi connectivity index (χ0n) is 28.7. The molecular formula is C50H39N. The van der Waals surface area contributed by atoms with Gasteiger partial charge in [-0.15, -0.1) is 0 Å². The number of rotatable bonds is 3. The summed E-state index contributed by atoms with van der Waals surface area (Å²) in [6, 6.07) is 57.5. The molecule has 0 saturated heterocycles. The van der Waals surface area contributed by atoms with Crippen molar-refractivity contribution in [3.05, 3.63) is 163 Å². The van der Waals surface area contributed by atoms with Crippen LogP contribution in [0.1, 0.15) is 43.2 Å². The Kier molecular flexibility index (Phi) is 5.73. The first kappa shape index (κ1) is 28.3. The predicted molar refractivity (Wildman–Crippen MR) is 212 cm³/mol. The minimum atomic E-state index is 0.218. The van der Waals surface area contributed by atoms with Crippen molar-refractivity contribution in [3.8, 4) is 39.1 Å². The van der Waals surface area contributed by atoms with E-state index in [1.807, 2.05) is 0 Å². The molecule has 13 rings (SSSR count). The lowest BCUT2D eigenvalue weighted by atomic mass is 9.43. The molecule has 8 aromatic rings. The molecule has 5 aliphatic rings. The van der Waals surface area contributed by atoms with Crippen molar-refractivity contribution < 1.29 is 0 Å². The van der Waals surface area contributed by atoms with Gasteiger partial charge < -0.3 is 4.57 Å². The van der Waals surface area contributed by atoms with Crippen LogP contribution in [0, 0.1) is 23.7 Å². The van der Waals surface area contributed by atoms with Crippen LogP contribution in [0.15, 0.2) is 152 Å². The Morgan fingerprint density at radius 2 is 1.10 bits per heavy atom. The van der Waals surface area contributed by atoms with Gasteiger partial charge in [0.15, 0.2) is 0 Å². The van der Waals surface area contributed by atoms with Gasteiger partial charge in [0.2, 0.25) is 0 Å². The molecule has 4 fully saturated rings. The minimum Gasteiger partial charge on any atom is -0.309 e. The molecule has 1 nitrogen and oxygen atoms in total. The first-order chi connectivity index (χ1) is 25.2. The van der Waals surface area contributed by atoms with Crippen LogP contribution in [0.25, 0.3) is 71.6 Å². The highest BCUT2D eigenvalue weighted by Crippen LogP contribution is 2.69. The summed E-state index contributed by atoms with van der Waals surface area (Å²) in [5, 5.41) is 5.14. The third kappa shape index (κ3) is 3.82. The Hall–Kier alpha value is -5.40. The molecule has 0 atom stereocenters. The fraction of sp³-hybridized carbons (Fsp3) is 0.200. The smallest absolute Gasteiger partial charge is 0.0541 e. The zero-order valence-corrected chi connectivity index (χ0v) is 28.7. The molecule has 1 heterocycles. The highest BCUT2D eigenvalue weighted by atomic mass is 15.0. The number of para-hydroxylation sites is 1. The number of hydrogen-bond acceptors (Lipinski definition) is 0. The summed E-state index contributed by atoms with van der Waals surface area (Å²) in [5.41, 5.74) is 15.3. The lowest BCUT2D eigenvalue weighted by Crippen LogP contribution is -2.55. The third-order valence-electron chi connectivity index (χ3n) is 13.8. The van der Waals surface area contributed by atoms with Crippen LogP contribution in [0.2, 0.25) is 0 Å². The van der Waals surface area contributed by atoms with Gasteiger partial charge in [-0.05, 0) is 147 Å². The Bertz CT molecular complexity index is 2680. The largest absolute Gasteiger partial charge is 0.309 e. The summed E-state index contributed by atoms with van der Waals surface area (Å²) >= 11 is 0. The standard InChI is InChI=1S/C50H39N/c1-2-9-33(10-3-1)40-14-8-11-34-17-20-39(30-43(34)40)51-48-16-7-5-13-42(48)45-29-36(19-22-49(45)51)35-18-21-47-44(28-35)41-12-4-6-15-46(41)50(47)37-24-31-23-32(26-37)27-38(50)25-31/h1-22,28-32,37-38H,23-27H2. The quantitative estimate of drug-likeness (QED) is 0.179. The van der Waals surface area contributed by atoms with Crippen molar-refractivity contribution in [2.45, 2.75) is 37.5 Å². The van der Waals surface area contributed by atoms with Gasteiger partial charge in [0.05, 0.1) is 11.0 Å². The molecule has 0 radical (unpaired) electrons. The van der Waals surface area contributed by atoms with E-state index in [1.165, 1.54) is 104 Å². The average Bonchev–Trinajstić information content (AvgIpc) is 3.67. The first-order valence-corrected chi connectivity index (χ1v) is 19.1. The van der Waals surface area contributed by atoms with Crippen molar-refractivity contribution in [2.75, 3.05) is 0 Å². The molecule has 4 saturated carbocycles. The second-order valence-electron chi connectivity index (χ2n) is 16.1. The maximum Gasteiger partial charge on any atom is 0.0541 e. The van der Waals surface area contributed by atoms with E-state index in [9.17, 15) is 0 Å². The van der Waals surface area contributed by atoms with Gasteiger partial charge in [-0.1, -0.05) is 115 Å². The maximum absolute atomic E-state index is 2.56. The molecule has 0 aliphatic heterocycles. The van der Waals surface area contributed by atoms with Crippen LogP contribution in [0.4, 0.5) is 0 Å². The van der Waals surface area contributed by atoms with Crippen molar-refractivity contribution in [1.82, 2.24) is 4.57 Å². The maximum atomic E-state index is 2.56. The molecule has 0 N–H and O–H groups in total. The summed E-state index contributed by atoms with van der Waals surface area (Å²) in [6.07, 6.45) is 7.19. The fourth-order valence-electron chi connectivity index (χ4n) is 12.0. The molecule has 1 spiro atoms. The second-order valence-corrected chi connectivity index (χ2v) is 16.1. The normalized spacial score (nSPS) is 24.2. The monoisotopic (exact) mass is 653 g/mol. The molecule has 1 aromatic heterocycles. The summed E-state index contributed by atoms with van der Waals surface area (Å²) in [6.45, 7) is 0. The van der Waals surface area contributed by atoms with E-state index in [4.69, 9.17) is 0 Å². The Morgan fingerprint density at radius 1 is 0.412 bits per heavy atom. The second kappa shape index (κ2) is 10.3. The van der Waals surface area contributed by atoms with Crippen molar-refractivity contribution >= 4 is 32.6 Å². The average molecular weight is 654 g/mol. The van der Waals surface area contributed by atoms with Crippen LogP contribution in [0.5, 0.6) is 0 Å². The predicted octanol–water partition coefficient (Wildman–Crippen LogP) is 13.0. The van der Waals surface area contributed by atoms with Gasteiger partial charge in [0.25, 0.3) is 0 Å². The molecule has 5 aliphatic carbocycles. The lowest BCUT2D eigenvalue weighted by molar-refractivity contribution is -0.0399. The topological polar surface area (TPSA) is 4.93 Å². The molecule has 51 heavy (non-hydrogen) atoms. The number of hydrogen-bond donors (Lipinski definition) is 0. The van der Waals surface area contributed by atoms with E-state index in [1.54, 1.807) is 11.1 Å². The SMILES string of the molecule is c1ccc(-c2cccc3ccc(-n4c5ccccc5c5cc(-c6ccc7c(c6)-c6ccccc6C76C7CC8CC(C7)CC6C8)ccc54)cc23)cc1. The number of aromatic nitrogens is 1. The minimum absolute atomic E-state index is 0.218. The van der Waals surface area contributed by atoms with Gasteiger partial charge in [-0.25, -0.2) is 0 Å². The lowest BCUT2D eigenvalue weighted by Gasteiger charge is -2.61. The zero-order chi connectivity index (χ0) is 33.3. The van der Waals surface area contributed by atoms with Crippen molar-refractivity contribution in [2.24, 2.45) is 23.7 Å². The van der Waals surface area contributed by atoms with E-state index < -0.39 is 0 Å². The van der Waals surface area contributed by atoms with Crippen LogP contribution in [-0.2, 0) is 5.41 Å². The summed E-state index contributed by atoms with van der Waals surface area (Å²) < 4.78 is 2.46. The molecule has 244 valence electrons. The third-order valence-corrected chi connectivity index (χ3v) is 13.8. The van der Waals surface area contributed by atoms with E-state index in [0.717, 1.165) is 23.7 Å². The van der Waals surface area contributed by atoms with E-state index in [-0.39, 0.29) is 5.41 Å². The number of nitrogens with zero attached hydrogens (tertiary/aromatic N) is 1. The van der Waals surface area contributed by atoms with Crippen LogP contribution in [0.3, 0.4) is 0 Å². The number of benzene rings is 7. The highest BCUT2D eigenvalue weighted by Gasteiger charge is 2.61. The van der Waals surface area contributed by atoms with Crippen molar-refractivity contribution in [1.29, 1.82) is 0 Å². The van der Waals surface area contributed by atoms with Gasteiger partial charge in [-0.2, -0.15) is 0 Å². The molecule has 4 bridgehead atoms. The van der Waals surface area contributed by atoms with E-state index in [2.05, 4.69) is 156 Å². The van der Waals surface area contributed by atoms with Crippen LogP contribution >= 0.6 is 0 Å². The van der Waals surface area contributed by atoms with Gasteiger partial charge >= 0.3 is 0 Å². The van der Waals surface area contributed by atoms with E-state index in [0.29, 0.717) is 0 Å². The van der Waals surface area contributed by atoms with Crippen LogP contribution < -0.4 is 0 Å². The first-order valence-electron chi connectivity index (χ1n) is 19.1. The van der Waals surface area contributed by atoms with E-state index >= 15 is 0 Å². The molecule has 0 amide bonds. The van der Waals surface area contributed by atoms with Gasteiger partial charge in [0.1, 0.15) is 0 Å². The molecule has 7 aromatic carbocycles. The molecule has 0 unspecified atom stereocenters. The van der Waals surface area contributed by atoms with Gasteiger partial charge in [-0.3, -0.25) is 0 Å². The molecule has 1 heteroatoms. The number of fused-ring (bicyclic) bond motifs is 7. The Balaban J connectivity index is 1.01. The summed E-state index contributed by atoms with van der Waals surface area (Å²) in [4.78, 5) is 0. The summed E-state index contributed by atoms with van der Waals surface area (Å²) in [7, 11) is 0. The van der Waals surface area contributed by atoms with Crippen molar-refractivity contribution in [3.63, 3.8) is 0 Å². The highest BCUT2D eigenvalue weighted by molar-refractivity contribution is 6.11. The Morgan fingerprint density at radius 3 is 1.96 bits per heavy atom. The summed E-state index contributed by atoms with van der Waals surface area (Å²) in [5.74, 6) is 3.51. The van der Waals surface area contributed by atoms with Gasteiger partial charge in [0, 0.05) is 21.9 Å². The Labute approximate surface area is 299 Å². The van der Waals surface area contributed by atoms with Crippen LogP contribution in [-0.4, -0.2) is 4.57 Å².